The molecule has 0 saturated carbocycles. The van der Waals surface area contributed by atoms with E-state index in [2.05, 4.69) is 44.0 Å². The maximum absolute atomic E-state index is 5.93. The molecule has 1 aromatic rings. The van der Waals surface area contributed by atoms with Gasteiger partial charge in [0.25, 0.3) is 0 Å². The molecule has 1 atom stereocenters. The van der Waals surface area contributed by atoms with E-state index in [1.165, 1.54) is 17.5 Å². The van der Waals surface area contributed by atoms with Crippen LogP contribution in [-0.4, -0.2) is 44.9 Å². The third kappa shape index (κ3) is 4.22. The van der Waals surface area contributed by atoms with Crippen molar-refractivity contribution in [3.63, 3.8) is 0 Å². The summed E-state index contributed by atoms with van der Waals surface area (Å²) in [6.45, 7) is 8.86. The molecule has 2 rings (SSSR count). The Kier molecular flexibility index (Phi) is 5.23. The second-order valence-electron chi connectivity index (χ2n) is 5.56. The molecule has 3 nitrogen and oxygen atoms in total. The summed E-state index contributed by atoms with van der Waals surface area (Å²) in [6, 6.07) is 6.27. The second kappa shape index (κ2) is 6.92. The number of hydrogen-bond donors (Lipinski definition) is 0. The van der Waals surface area contributed by atoms with Gasteiger partial charge in [-0.2, -0.15) is 0 Å². The quantitative estimate of drug-likeness (QED) is 0.787. The van der Waals surface area contributed by atoms with E-state index in [4.69, 9.17) is 9.47 Å². The van der Waals surface area contributed by atoms with E-state index in [1.54, 1.807) is 0 Å². The zero-order valence-electron chi connectivity index (χ0n) is 12.3. The van der Waals surface area contributed by atoms with Gasteiger partial charge in [0, 0.05) is 19.7 Å². The first-order valence-electron chi connectivity index (χ1n) is 7.12. The summed E-state index contributed by atoms with van der Waals surface area (Å²) >= 11 is 0. The van der Waals surface area contributed by atoms with Gasteiger partial charge in [0.2, 0.25) is 0 Å². The molecule has 1 fully saturated rings. The predicted molar refractivity (Wildman–Crippen MR) is 77.8 cm³/mol. The maximum atomic E-state index is 5.93. The first-order chi connectivity index (χ1) is 9.16. The van der Waals surface area contributed by atoms with Gasteiger partial charge >= 0.3 is 0 Å². The summed E-state index contributed by atoms with van der Waals surface area (Å²) < 4.78 is 11.3. The Labute approximate surface area is 116 Å². The van der Waals surface area contributed by atoms with Gasteiger partial charge in [-0.05, 0) is 44.4 Å². The lowest BCUT2D eigenvalue weighted by atomic mass is 10.1. The number of likely N-dealkylation sites (N-methyl/N-ethyl adjacent to an activating group) is 1. The Morgan fingerprint density at radius 1 is 1.32 bits per heavy atom. The largest absolute Gasteiger partial charge is 0.492 e. The number of rotatable bonds is 6. The molecule has 0 N–H and O–H groups in total. The lowest BCUT2D eigenvalue weighted by molar-refractivity contribution is 0.167. The van der Waals surface area contributed by atoms with Crippen molar-refractivity contribution in [2.75, 3.05) is 40.0 Å². The first-order valence-corrected chi connectivity index (χ1v) is 7.12. The maximum Gasteiger partial charge on any atom is 0.125 e. The van der Waals surface area contributed by atoms with Crippen LogP contribution in [0.15, 0.2) is 18.2 Å². The Bertz CT molecular complexity index is 379. The van der Waals surface area contributed by atoms with Gasteiger partial charge in [-0.25, -0.2) is 0 Å². The van der Waals surface area contributed by atoms with E-state index in [0.29, 0.717) is 5.92 Å². The zero-order valence-corrected chi connectivity index (χ0v) is 12.3. The average molecular weight is 263 g/mol. The molecule has 1 aliphatic heterocycles. The van der Waals surface area contributed by atoms with Crippen LogP contribution in [0, 0.1) is 19.8 Å². The van der Waals surface area contributed by atoms with Crippen LogP contribution in [0.25, 0.3) is 0 Å². The van der Waals surface area contributed by atoms with Gasteiger partial charge in [-0.3, -0.25) is 0 Å². The summed E-state index contributed by atoms with van der Waals surface area (Å²) in [7, 11) is 2.16. The zero-order chi connectivity index (χ0) is 13.7. The summed E-state index contributed by atoms with van der Waals surface area (Å²) in [5.41, 5.74) is 2.43. The Balaban J connectivity index is 1.73. The van der Waals surface area contributed by atoms with Crippen LogP contribution in [-0.2, 0) is 4.74 Å². The molecule has 106 valence electrons. The minimum atomic E-state index is 0.699. The van der Waals surface area contributed by atoms with E-state index in [9.17, 15) is 0 Å². The molecule has 1 aliphatic rings. The highest BCUT2D eigenvalue weighted by Gasteiger charge is 2.17. The molecule has 0 spiro atoms. The molecule has 0 aliphatic carbocycles. The number of benzene rings is 1. The van der Waals surface area contributed by atoms with E-state index in [0.717, 1.165) is 38.7 Å². The van der Waals surface area contributed by atoms with Crippen LogP contribution in [0.3, 0.4) is 0 Å². The normalized spacial score (nSPS) is 19.1. The number of nitrogens with zero attached hydrogens (tertiary/aromatic N) is 1. The molecule has 1 aromatic carbocycles. The van der Waals surface area contributed by atoms with E-state index in [1.807, 2.05) is 0 Å². The van der Waals surface area contributed by atoms with Crippen LogP contribution >= 0.6 is 0 Å². The monoisotopic (exact) mass is 263 g/mol. The van der Waals surface area contributed by atoms with Gasteiger partial charge < -0.3 is 14.4 Å². The minimum Gasteiger partial charge on any atom is -0.492 e. The van der Waals surface area contributed by atoms with E-state index in [-0.39, 0.29) is 0 Å². The van der Waals surface area contributed by atoms with Crippen molar-refractivity contribution in [3.05, 3.63) is 29.3 Å². The summed E-state index contributed by atoms with van der Waals surface area (Å²) in [4.78, 5) is 2.34. The first kappa shape index (κ1) is 14.4. The molecule has 0 aromatic heterocycles. The number of hydrogen-bond acceptors (Lipinski definition) is 3. The van der Waals surface area contributed by atoms with E-state index < -0.39 is 0 Å². The van der Waals surface area contributed by atoms with Crippen molar-refractivity contribution in [1.29, 1.82) is 0 Å². The molecule has 19 heavy (non-hydrogen) atoms. The highest BCUT2D eigenvalue weighted by molar-refractivity contribution is 5.39. The topological polar surface area (TPSA) is 21.7 Å². The molecule has 1 heterocycles. The third-order valence-electron chi connectivity index (χ3n) is 3.72. The molecule has 3 heteroatoms. The molecular formula is C16H25NO2. The summed E-state index contributed by atoms with van der Waals surface area (Å²) in [5, 5.41) is 0. The number of aryl methyl sites for hydroxylation is 2. The van der Waals surface area contributed by atoms with Crippen LogP contribution < -0.4 is 4.74 Å². The fourth-order valence-electron chi connectivity index (χ4n) is 2.59. The van der Waals surface area contributed by atoms with Crippen molar-refractivity contribution in [3.8, 4) is 5.75 Å². The fourth-order valence-corrected chi connectivity index (χ4v) is 2.59. The van der Waals surface area contributed by atoms with Gasteiger partial charge in [0.15, 0.2) is 0 Å². The van der Waals surface area contributed by atoms with Crippen molar-refractivity contribution in [1.82, 2.24) is 4.90 Å². The second-order valence-corrected chi connectivity index (χ2v) is 5.56. The van der Waals surface area contributed by atoms with Crippen LogP contribution in [0.1, 0.15) is 17.5 Å². The van der Waals surface area contributed by atoms with Gasteiger partial charge in [-0.1, -0.05) is 18.2 Å². The van der Waals surface area contributed by atoms with Gasteiger partial charge in [0.05, 0.1) is 6.61 Å². The summed E-state index contributed by atoms with van der Waals surface area (Å²) in [5.74, 6) is 1.74. The van der Waals surface area contributed by atoms with Gasteiger partial charge in [-0.15, -0.1) is 0 Å². The van der Waals surface area contributed by atoms with Crippen LogP contribution in [0.2, 0.25) is 0 Å². The van der Waals surface area contributed by atoms with E-state index >= 15 is 0 Å². The lowest BCUT2D eigenvalue weighted by Crippen LogP contribution is -2.30. The Morgan fingerprint density at radius 2 is 2.05 bits per heavy atom. The molecular weight excluding hydrogens is 238 g/mol. The van der Waals surface area contributed by atoms with Crippen molar-refractivity contribution in [2.24, 2.45) is 5.92 Å². The highest BCUT2D eigenvalue weighted by atomic mass is 16.5. The smallest absolute Gasteiger partial charge is 0.125 e. The Morgan fingerprint density at radius 3 is 2.68 bits per heavy atom. The molecule has 0 bridgehead atoms. The fraction of sp³-hybridized carbons (Fsp3) is 0.625. The Hall–Kier alpha value is -1.06. The summed E-state index contributed by atoms with van der Waals surface area (Å²) in [6.07, 6.45) is 1.20. The number of para-hydroxylation sites is 1. The van der Waals surface area contributed by atoms with Gasteiger partial charge in [0.1, 0.15) is 12.4 Å². The van der Waals surface area contributed by atoms with Crippen molar-refractivity contribution in [2.45, 2.75) is 20.3 Å². The van der Waals surface area contributed by atoms with Crippen molar-refractivity contribution < 1.29 is 9.47 Å². The predicted octanol–water partition coefficient (Wildman–Crippen LogP) is 2.65. The minimum absolute atomic E-state index is 0.699. The molecule has 1 saturated heterocycles. The highest BCUT2D eigenvalue weighted by Crippen LogP contribution is 2.22. The molecule has 0 radical (unpaired) electrons. The number of ether oxygens (including phenoxy) is 2. The third-order valence-corrected chi connectivity index (χ3v) is 3.72. The van der Waals surface area contributed by atoms with Crippen molar-refractivity contribution >= 4 is 0 Å². The SMILES string of the molecule is Cc1cccc(C)c1OCCN(C)CC1CCOC1. The lowest BCUT2D eigenvalue weighted by Gasteiger charge is -2.20. The van der Waals surface area contributed by atoms with Crippen LogP contribution in [0.5, 0.6) is 5.75 Å². The standard InChI is InChI=1S/C16H25NO2/c1-13-5-4-6-14(2)16(13)19-10-8-17(3)11-15-7-9-18-12-15/h4-6,15H,7-12H2,1-3H3. The average Bonchev–Trinajstić information content (AvgIpc) is 2.85. The molecule has 1 unspecified atom stereocenters. The van der Waals surface area contributed by atoms with Crippen LogP contribution in [0.4, 0.5) is 0 Å². The molecule has 0 amide bonds.